The van der Waals surface area contributed by atoms with Gasteiger partial charge in [-0.05, 0) is 86.1 Å². The number of hydrogen-bond acceptors (Lipinski definition) is 4. The first kappa shape index (κ1) is 20.0. The molecule has 5 heteroatoms. The van der Waals surface area contributed by atoms with Crippen LogP contribution in [0.2, 0.25) is 0 Å². The number of nitrogens with zero attached hydrogens (tertiary/aromatic N) is 2. The Balaban J connectivity index is 1.24. The lowest BCUT2D eigenvalue weighted by Crippen LogP contribution is -2.37. The standard InChI is InChI=1S/C24H32N4O/c1-18(22-3-2-21-4-5-24(29)27-16-23(21)14-22)26-15-19-8-12-28(13-9-19)17-20-6-10-25-11-7-20/h2-3,6-7,10-11,14,18-19,26H,4-5,8-9,12-13,15-17H2,1H3,(H,27,29). The molecule has 0 radical (unpaired) electrons. The number of fused-ring (bicyclic) bond motifs is 1. The zero-order valence-electron chi connectivity index (χ0n) is 17.4. The van der Waals surface area contributed by atoms with E-state index >= 15 is 0 Å². The Morgan fingerprint density at radius 3 is 2.72 bits per heavy atom. The second-order valence-electron chi connectivity index (χ2n) is 8.51. The van der Waals surface area contributed by atoms with Gasteiger partial charge in [0.25, 0.3) is 0 Å². The Bertz CT molecular complexity index is 815. The Hall–Kier alpha value is -2.24. The summed E-state index contributed by atoms with van der Waals surface area (Å²) in [7, 11) is 0. The smallest absolute Gasteiger partial charge is 0.220 e. The van der Waals surface area contributed by atoms with Crippen molar-refractivity contribution >= 4 is 5.91 Å². The molecule has 1 amide bonds. The first-order valence-corrected chi connectivity index (χ1v) is 10.9. The zero-order valence-corrected chi connectivity index (χ0v) is 17.4. The highest BCUT2D eigenvalue weighted by atomic mass is 16.1. The third kappa shape index (κ3) is 5.43. The first-order valence-electron chi connectivity index (χ1n) is 10.9. The number of piperidine rings is 1. The van der Waals surface area contributed by atoms with Crippen molar-refractivity contribution in [2.45, 2.75) is 51.7 Å². The Kier molecular flexibility index (Phi) is 6.57. The lowest BCUT2D eigenvalue weighted by molar-refractivity contribution is -0.121. The van der Waals surface area contributed by atoms with E-state index in [4.69, 9.17) is 0 Å². The highest BCUT2D eigenvalue weighted by Crippen LogP contribution is 2.23. The predicted octanol–water partition coefficient (Wildman–Crippen LogP) is 3.21. The molecule has 2 aliphatic rings. The Labute approximate surface area is 173 Å². The normalized spacial score (nSPS) is 19.3. The Morgan fingerprint density at radius 1 is 1.14 bits per heavy atom. The summed E-state index contributed by atoms with van der Waals surface area (Å²) in [5, 5.41) is 6.75. The number of pyridine rings is 1. The van der Waals surface area contributed by atoms with Gasteiger partial charge >= 0.3 is 0 Å². The molecule has 2 N–H and O–H groups in total. The molecule has 1 aromatic carbocycles. The summed E-state index contributed by atoms with van der Waals surface area (Å²) in [5.74, 6) is 0.899. The van der Waals surface area contributed by atoms with E-state index in [1.807, 2.05) is 12.4 Å². The highest BCUT2D eigenvalue weighted by Gasteiger charge is 2.20. The third-order valence-electron chi connectivity index (χ3n) is 6.40. The van der Waals surface area contributed by atoms with Gasteiger partial charge in [0.05, 0.1) is 0 Å². The van der Waals surface area contributed by atoms with Gasteiger partial charge in [0.1, 0.15) is 0 Å². The van der Waals surface area contributed by atoms with E-state index in [1.165, 1.54) is 48.2 Å². The number of likely N-dealkylation sites (tertiary alicyclic amines) is 1. The molecule has 154 valence electrons. The van der Waals surface area contributed by atoms with Crippen LogP contribution < -0.4 is 10.6 Å². The summed E-state index contributed by atoms with van der Waals surface area (Å²) in [5.41, 5.74) is 5.24. The van der Waals surface area contributed by atoms with Crippen molar-refractivity contribution < 1.29 is 4.79 Å². The van der Waals surface area contributed by atoms with E-state index in [2.05, 4.69) is 57.8 Å². The molecule has 0 bridgehead atoms. The van der Waals surface area contributed by atoms with Gasteiger partial charge in [0.2, 0.25) is 5.91 Å². The van der Waals surface area contributed by atoms with Crippen LogP contribution >= 0.6 is 0 Å². The summed E-state index contributed by atoms with van der Waals surface area (Å²) in [4.78, 5) is 18.3. The van der Waals surface area contributed by atoms with E-state index in [0.29, 0.717) is 19.0 Å². The monoisotopic (exact) mass is 392 g/mol. The molecule has 1 fully saturated rings. The molecular weight excluding hydrogens is 360 g/mol. The van der Waals surface area contributed by atoms with Gasteiger partial charge in [0.15, 0.2) is 0 Å². The van der Waals surface area contributed by atoms with Gasteiger partial charge < -0.3 is 10.6 Å². The molecule has 2 aliphatic heterocycles. The van der Waals surface area contributed by atoms with Crippen molar-refractivity contribution in [1.29, 1.82) is 0 Å². The zero-order chi connectivity index (χ0) is 20.1. The number of carbonyl (C=O) groups is 1. The highest BCUT2D eigenvalue weighted by molar-refractivity contribution is 5.77. The average Bonchev–Trinajstić information content (AvgIpc) is 2.95. The molecule has 1 atom stereocenters. The maximum Gasteiger partial charge on any atom is 0.220 e. The number of carbonyl (C=O) groups excluding carboxylic acids is 1. The van der Waals surface area contributed by atoms with E-state index in [0.717, 1.165) is 25.4 Å². The van der Waals surface area contributed by atoms with Crippen LogP contribution in [0.5, 0.6) is 0 Å². The maximum atomic E-state index is 11.6. The molecule has 0 saturated carbocycles. The summed E-state index contributed by atoms with van der Waals surface area (Å²) < 4.78 is 0. The number of benzene rings is 1. The van der Waals surface area contributed by atoms with Gasteiger partial charge in [-0.25, -0.2) is 0 Å². The predicted molar refractivity (Wildman–Crippen MR) is 115 cm³/mol. The SMILES string of the molecule is CC(NCC1CCN(Cc2ccncc2)CC1)c1ccc2c(c1)CNC(=O)CC2. The molecule has 1 saturated heterocycles. The number of amides is 1. The van der Waals surface area contributed by atoms with E-state index in [9.17, 15) is 4.79 Å². The van der Waals surface area contributed by atoms with E-state index in [1.54, 1.807) is 0 Å². The minimum Gasteiger partial charge on any atom is -0.352 e. The van der Waals surface area contributed by atoms with Crippen LogP contribution in [0, 0.1) is 5.92 Å². The summed E-state index contributed by atoms with van der Waals surface area (Å²) in [6, 6.07) is 11.3. The fraction of sp³-hybridized carbons (Fsp3) is 0.500. The Morgan fingerprint density at radius 2 is 1.93 bits per heavy atom. The van der Waals surface area contributed by atoms with Gasteiger partial charge in [-0.2, -0.15) is 0 Å². The third-order valence-corrected chi connectivity index (χ3v) is 6.40. The average molecular weight is 393 g/mol. The molecule has 0 aliphatic carbocycles. The van der Waals surface area contributed by atoms with Gasteiger partial charge in [0, 0.05) is 37.9 Å². The minimum atomic E-state index is 0.157. The molecule has 1 unspecified atom stereocenters. The van der Waals surface area contributed by atoms with Gasteiger partial charge in [-0.1, -0.05) is 18.2 Å². The second-order valence-corrected chi connectivity index (χ2v) is 8.51. The molecule has 2 aromatic rings. The lowest BCUT2D eigenvalue weighted by atomic mass is 9.95. The van der Waals surface area contributed by atoms with E-state index in [-0.39, 0.29) is 5.91 Å². The molecule has 3 heterocycles. The van der Waals surface area contributed by atoms with Crippen LogP contribution in [-0.2, 0) is 24.3 Å². The fourth-order valence-electron chi connectivity index (χ4n) is 4.41. The number of rotatable bonds is 6. The largest absolute Gasteiger partial charge is 0.352 e. The lowest BCUT2D eigenvalue weighted by Gasteiger charge is -2.32. The van der Waals surface area contributed by atoms with Crippen molar-refractivity contribution in [2.24, 2.45) is 5.92 Å². The second kappa shape index (κ2) is 9.51. The topological polar surface area (TPSA) is 57.3 Å². The molecular formula is C24H32N4O. The maximum absolute atomic E-state index is 11.6. The van der Waals surface area contributed by atoms with Crippen molar-refractivity contribution in [3.63, 3.8) is 0 Å². The number of nitrogens with one attached hydrogen (secondary N) is 2. The molecule has 4 rings (SSSR count). The fourth-order valence-corrected chi connectivity index (χ4v) is 4.41. The summed E-state index contributed by atoms with van der Waals surface area (Å²) in [6.45, 7) is 7.34. The number of aryl methyl sites for hydroxylation is 1. The molecule has 5 nitrogen and oxygen atoms in total. The van der Waals surface area contributed by atoms with Crippen LogP contribution in [0.1, 0.15) is 54.5 Å². The molecule has 1 aromatic heterocycles. The molecule has 29 heavy (non-hydrogen) atoms. The van der Waals surface area contributed by atoms with E-state index < -0.39 is 0 Å². The number of aromatic nitrogens is 1. The van der Waals surface area contributed by atoms with Crippen LogP contribution in [0.3, 0.4) is 0 Å². The van der Waals surface area contributed by atoms with Crippen molar-refractivity contribution in [3.8, 4) is 0 Å². The quantitative estimate of drug-likeness (QED) is 0.793. The van der Waals surface area contributed by atoms with Gasteiger partial charge in [-0.15, -0.1) is 0 Å². The van der Waals surface area contributed by atoms with Gasteiger partial charge in [-0.3, -0.25) is 14.7 Å². The minimum absolute atomic E-state index is 0.157. The van der Waals surface area contributed by atoms with Crippen molar-refractivity contribution in [2.75, 3.05) is 19.6 Å². The van der Waals surface area contributed by atoms with Crippen LogP contribution in [0.4, 0.5) is 0 Å². The summed E-state index contributed by atoms with van der Waals surface area (Å²) in [6.07, 6.45) is 7.71. The van der Waals surface area contributed by atoms with Crippen molar-refractivity contribution in [1.82, 2.24) is 20.5 Å². The van der Waals surface area contributed by atoms with Crippen molar-refractivity contribution in [3.05, 3.63) is 65.0 Å². The van der Waals surface area contributed by atoms with Crippen LogP contribution in [0.15, 0.2) is 42.7 Å². The van der Waals surface area contributed by atoms with Crippen LogP contribution in [-0.4, -0.2) is 35.4 Å². The van der Waals surface area contributed by atoms with Crippen LogP contribution in [0.25, 0.3) is 0 Å². The molecule has 0 spiro atoms. The number of hydrogen-bond donors (Lipinski definition) is 2. The first-order chi connectivity index (χ1) is 14.2. The summed E-state index contributed by atoms with van der Waals surface area (Å²) >= 11 is 0.